The minimum absolute atomic E-state index is 0.622. The summed E-state index contributed by atoms with van der Waals surface area (Å²) in [6, 6.07) is 1.88. The zero-order chi connectivity index (χ0) is 12.1. The molecule has 1 rings (SSSR count). The number of hydrogen-bond donors (Lipinski definition) is 2. The van der Waals surface area contributed by atoms with E-state index in [2.05, 4.69) is 15.5 Å². The molecule has 1 heterocycles. The molecule has 1 aromatic heterocycles. The Labute approximate surface area is 101 Å². The predicted octanol–water partition coefficient (Wildman–Crippen LogP) is 2.02. The van der Waals surface area contributed by atoms with Gasteiger partial charge in [0, 0.05) is 6.20 Å². The van der Waals surface area contributed by atoms with Gasteiger partial charge in [-0.05, 0) is 31.9 Å². The van der Waals surface area contributed by atoms with E-state index >= 15 is 0 Å². The van der Waals surface area contributed by atoms with Crippen molar-refractivity contribution in [3.8, 4) is 0 Å². The molecule has 4 nitrogen and oxygen atoms in total. The maximum Gasteiger partial charge on any atom is 0.109 e. The van der Waals surface area contributed by atoms with Crippen molar-refractivity contribution in [2.24, 2.45) is 5.10 Å². The summed E-state index contributed by atoms with van der Waals surface area (Å²) >= 11 is 4.90. The van der Waals surface area contributed by atoms with Crippen LogP contribution in [0.1, 0.15) is 31.5 Å². The van der Waals surface area contributed by atoms with Crippen LogP contribution in [0.5, 0.6) is 0 Å². The first kappa shape index (κ1) is 12.6. The Kier molecular flexibility index (Phi) is 4.37. The molecule has 0 unspecified atom stereocenters. The number of nitrogen functional groups attached to an aromatic ring is 1. The summed E-state index contributed by atoms with van der Waals surface area (Å²) in [5, 5.41) is 4.20. The van der Waals surface area contributed by atoms with E-state index in [1.165, 1.54) is 0 Å². The lowest BCUT2D eigenvalue weighted by molar-refractivity contribution is 1.01. The third-order valence-corrected chi connectivity index (χ3v) is 2.26. The topological polar surface area (TPSA) is 63.3 Å². The van der Waals surface area contributed by atoms with Crippen molar-refractivity contribution in [3.63, 3.8) is 0 Å². The van der Waals surface area contributed by atoms with Gasteiger partial charge >= 0.3 is 0 Å². The number of nitrogens with one attached hydrogen (secondary N) is 1. The highest BCUT2D eigenvalue weighted by molar-refractivity contribution is 7.80. The Hall–Kier alpha value is -1.49. The van der Waals surface area contributed by atoms with Crippen molar-refractivity contribution in [1.29, 1.82) is 0 Å². The molecule has 0 saturated carbocycles. The summed E-state index contributed by atoms with van der Waals surface area (Å²) in [4.78, 5) is 4.87. The molecule has 0 spiro atoms. The number of hydrogen-bond acceptors (Lipinski definition) is 4. The molecule has 0 fully saturated rings. The Bertz CT molecular complexity index is 426. The van der Waals surface area contributed by atoms with Crippen molar-refractivity contribution in [3.05, 3.63) is 23.5 Å². The zero-order valence-corrected chi connectivity index (χ0v) is 10.6. The Morgan fingerprint density at radius 3 is 2.88 bits per heavy atom. The van der Waals surface area contributed by atoms with Gasteiger partial charge in [-0.1, -0.05) is 19.1 Å². The van der Waals surface area contributed by atoms with Crippen molar-refractivity contribution in [2.75, 3.05) is 5.73 Å². The average Bonchev–Trinajstić information content (AvgIpc) is 2.24. The molecule has 0 bridgehead atoms. The smallest absolute Gasteiger partial charge is 0.109 e. The van der Waals surface area contributed by atoms with Crippen LogP contribution in [0.2, 0.25) is 0 Å². The quantitative estimate of drug-likeness (QED) is 0.479. The highest BCUT2D eigenvalue weighted by Crippen LogP contribution is 2.15. The second kappa shape index (κ2) is 5.55. The summed E-state index contributed by atoms with van der Waals surface area (Å²) in [7, 11) is 0. The van der Waals surface area contributed by atoms with Gasteiger partial charge in [0.05, 0.1) is 16.4 Å². The third kappa shape index (κ3) is 3.00. The van der Waals surface area contributed by atoms with Gasteiger partial charge in [0.15, 0.2) is 0 Å². The van der Waals surface area contributed by atoms with Crippen LogP contribution >= 0.6 is 12.2 Å². The zero-order valence-electron chi connectivity index (χ0n) is 9.74. The minimum atomic E-state index is 0.622. The fraction of sp³-hybridized carbons (Fsp3) is 0.364. The maximum absolute atomic E-state index is 5.96. The van der Waals surface area contributed by atoms with Crippen LogP contribution < -0.4 is 11.2 Å². The Balaban J connectivity index is 3.08. The van der Waals surface area contributed by atoms with Crippen LogP contribution in [-0.2, 0) is 0 Å². The van der Waals surface area contributed by atoms with Gasteiger partial charge in [0.2, 0.25) is 0 Å². The lowest BCUT2D eigenvalue weighted by Gasteiger charge is -2.08. The van der Waals surface area contributed by atoms with Gasteiger partial charge in [-0.2, -0.15) is 5.10 Å². The van der Waals surface area contributed by atoms with Gasteiger partial charge in [0.1, 0.15) is 5.69 Å². The van der Waals surface area contributed by atoms with E-state index in [0.29, 0.717) is 10.7 Å². The van der Waals surface area contributed by atoms with E-state index < -0.39 is 0 Å². The standard InChI is InChI=1S/C11H16N4S/c1-4-9(15-14-8(3)16)11-10(12)7(2)5-6-13-11/h5-6H,4,12H2,1-3H3,(H,14,16)/b15-9-. The molecule has 86 valence electrons. The summed E-state index contributed by atoms with van der Waals surface area (Å²) in [6.07, 6.45) is 2.48. The summed E-state index contributed by atoms with van der Waals surface area (Å²) in [5.74, 6) is 0. The average molecular weight is 236 g/mol. The van der Waals surface area contributed by atoms with Crippen LogP contribution in [0.4, 0.5) is 5.69 Å². The molecule has 5 heteroatoms. The van der Waals surface area contributed by atoms with Gasteiger partial charge in [0.25, 0.3) is 0 Å². The third-order valence-electron chi connectivity index (χ3n) is 2.16. The number of rotatable bonds is 3. The maximum atomic E-state index is 5.96. The second-order valence-corrected chi connectivity index (χ2v) is 4.08. The van der Waals surface area contributed by atoms with Crippen LogP contribution in [0.15, 0.2) is 17.4 Å². The van der Waals surface area contributed by atoms with Crippen molar-refractivity contribution < 1.29 is 0 Å². The van der Waals surface area contributed by atoms with E-state index in [1.807, 2.05) is 19.9 Å². The molecule has 0 aliphatic carbocycles. The van der Waals surface area contributed by atoms with Crippen LogP contribution in [0, 0.1) is 6.92 Å². The largest absolute Gasteiger partial charge is 0.397 e. The van der Waals surface area contributed by atoms with Crippen LogP contribution in [0.25, 0.3) is 0 Å². The Morgan fingerprint density at radius 2 is 2.31 bits per heavy atom. The molecule has 0 amide bonds. The molecule has 3 N–H and O–H groups in total. The number of nitrogens with two attached hydrogens (primary N) is 1. The first-order chi connectivity index (χ1) is 7.56. The monoisotopic (exact) mass is 236 g/mol. The van der Waals surface area contributed by atoms with Gasteiger partial charge in [-0.25, -0.2) is 0 Å². The highest BCUT2D eigenvalue weighted by atomic mass is 32.1. The normalized spacial score (nSPS) is 11.3. The number of thiocarbonyl (C=S) groups is 1. The molecule has 0 aromatic carbocycles. The molecular formula is C11H16N4S. The van der Waals surface area contributed by atoms with E-state index in [4.69, 9.17) is 18.0 Å². The first-order valence-electron chi connectivity index (χ1n) is 5.10. The van der Waals surface area contributed by atoms with Crippen molar-refractivity contribution >= 4 is 28.6 Å². The molecule has 0 atom stereocenters. The van der Waals surface area contributed by atoms with E-state index in [0.717, 1.165) is 23.4 Å². The van der Waals surface area contributed by atoms with Gasteiger partial charge < -0.3 is 5.73 Å². The number of anilines is 1. The number of aryl methyl sites for hydroxylation is 1. The lowest BCUT2D eigenvalue weighted by Crippen LogP contribution is -2.16. The first-order valence-corrected chi connectivity index (χ1v) is 5.51. The lowest BCUT2D eigenvalue weighted by atomic mass is 10.1. The highest BCUT2D eigenvalue weighted by Gasteiger charge is 2.09. The molecule has 0 aliphatic rings. The molecule has 16 heavy (non-hydrogen) atoms. The molecule has 0 radical (unpaired) electrons. The molecule has 1 aromatic rings. The summed E-state index contributed by atoms with van der Waals surface area (Å²) < 4.78 is 0. The molecular weight excluding hydrogens is 220 g/mol. The van der Waals surface area contributed by atoms with Crippen molar-refractivity contribution in [1.82, 2.24) is 10.4 Å². The number of hydrazone groups is 1. The predicted molar refractivity (Wildman–Crippen MR) is 71.6 cm³/mol. The van der Waals surface area contributed by atoms with Crippen LogP contribution in [0.3, 0.4) is 0 Å². The molecule has 0 saturated heterocycles. The van der Waals surface area contributed by atoms with Crippen LogP contribution in [-0.4, -0.2) is 15.7 Å². The van der Waals surface area contributed by atoms with E-state index in [-0.39, 0.29) is 0 Å². The van der Waals surface area contributed by atoms with Gasteiger partial charge in [-0.3, -0.25) is 10.4 Å². The SMILES string of the molecule is CC/C(=N/NC(C)=S)c1nccc(C)c1N. The number of aromatic nitrogens is 1. The van der Waals surface area contributed by atoms with Gasteiger partial charge in [-0.15, -0.1) is 0 Å². The fourth-order valence-electron chi connectivity index (χ4n) is 1.25. The van der Waals surface area contributed by atoms with E-state index in [9.17, 15) is 0 Å². The van der Waals surface area contributed by atoms with Crippen molar-refractivity contribution in [2.45, 2.75) is 27.2 Å². The summed E-state index contributed by atoms with van der Waals surface area (Å²) in [5.41, 5.74) is 11.9. The number of pyridine rings is 1. The molecule has 0 aliphatic heterocycles. The minimum Gasteiger partial charge on any atom is -0.397 e. The van der Waals surface area contributed by atoms with E-state index in [1.54, 1.807) is 13.1 Å². The Morgan fingerprint density at radius 1 is 1.62 bits per heavy atom. The number of nitrogens with zero attached hydrogens (tertiary/aromatic N) is 2. The second-order valence-electron chi connectivity index (χ2n) is 3.47. The fourth-order valence-corrected chi connectivity index (χ4v) is 1.29. The summed E-state index contributed by atoms with van der Waals surface area (Å²) in [6.45, 7) is 5.73.